The number of amides is 2. The molecule has 0 saturated carbocycles. The van der Waals surface area contributed by atoms with Crippen molar-refractivity contribution in [2.75, 3.05) is 6.54 Å². The molecule has 1 aromatic carbocycles. The topological polar surface area (TPSA) is 41.1 Å². The molecule has 0 bridgehead atoms. The van der Waals surface area contributed by atoms with Gasteiger partial charge in [0, 0.05) is 6.54 Å². The molecule has 2 amide bonds. The highest BCUT2D eigenvalue weighted by Crippen LogP contribution is 2.10. The molecule has 1 rings (SSSR count). The van der Waals surface area contributed by atoms with E-state index in [2.05, 4.69) is 17.6 Å². The summed E-state index contributed by atoms with van der Waals surface area (Å²) in [5, 5.41) is 5.92. The van der Waals surface area contributed by atoms with Gasteiger partial charge in [0.25, 0.3) is 0 Å². The number of benzene rings is 1. The Balaban J connectivity index is 2.00. The van der Waals surface area contributed by atoms with Crippen LogP contribution in [0.25, 0.3) is 0 Å². The molecular formula is C19H32N2O. The van der Waals surface area contributed by atoms with Gasteiger partial charge in [-0.3, -0.25) is 0 Å². The molecular weight excluding hydrogens is 272 g/mol. The normalized spacial score (nSPS) is 11.9. The second-order valence-electron chi connectivity index (χ2n) is 6.01. The molecule has 0 fully saturated rings. The van der Waals surface area contributed by atoms with Crippen molar-refractivity contribution >= 4 is 6.03 Å². The molecule has 0 spiro atoms. The van der Waals surface area contributed by atoms with Crippen molar-refractivity contribution in [1.29, 1.82) is 0 Å². The molecule has 1 atom stereocenters. The van der Waals surface area contributed by atoms with Crippen LogP contribution in [0, 0.1) is 0 Å². The van der Waals surface area contributed by atoms with E-state index in [9.17, 15) is 4.79 Å². The minimum absolute atomic E-state index is 0.0414. The van der Waals surface area contributed by atoms with Crippen LogP contribution in [0.2, 0.25) is 0 Å². The van der Waals surface area contributed by atoms with Crippen LogP contribution in [0.1, 0.15) is 76.8 Å². The van der Waals surface area contributed by atoms with Gasteiger partial charge >= 0.3 is 6.03 Å². The fraction of sp³-hybridized carbons (Fsp3) is 0.632. The molecule has 3 nitrogen and oxygen atoms in total. The van der Waals surface area contributed by atoms with Crippen LogP contribution >= 0.6 is 0 Å². The maximum Gasteiger partial charge on any atom is 0.315 e. The van der Waals surface area contributed by atoms with Crippen LogP contribution in [-0.4, -0.2) is 12.6 Å². The van der Waals surface area contributed by atoms with E-state index < -0.39 is 0 Å². The van der Waals surface area contributed by atoms with Gasteiger partial charge in [0.05, 0.1) is 6.04 Å². The maximum atomic E-state index is 11.8. The standard InChI is InChI=1S/C19H32N2O/c1-3-4-5-6-7-8-9-13-16-20-19(22)21-17(2)18-14-11-10-12-15-18/h10-12,14-15,17H,3-9,13,16H2,1-2H3,(H2,20,21,22). The first-order chi connectivity index (χ1) is 10.7. The van der Waals surface area contributed by atoms with Gasteiger partial charge in [-0.05, 0) is 18.9 Å². The maximum absolute atomic E-state index is 11.8. The molecule has 124 valence electrons. The van der Waals surface area contributed by atoms with Gasteiger partial charge in [0.2, 0.25) is 0 Å². The Morgan fingerprint density at radius 1 is 0.955 bits per heavy atom. The Hall–Kier alpha value is -1.51. The Kier molecular flexibility index (Phi) is 10.2. The molecule has 0 aliphatic rings. The lowest BCUT2D eigenvalue weighted by molar-refractivity contribution is 0.237. The van der Waals surface area contributed by atoms with Crippen LogP contribution in [-0.2, 0) is 0 Å². The van der Waals surface area contributed by atoms with Crippen molar-refractivity contribution in [2.45, 2.75) is 71.3 Å². The van der Waals surface area contributed by atoms with Crippen LogP contribution in [0.4, 0.5) is 4.79 Å². The van der Waals surface area contributed by atoms with Gasteiger partial charge in [-0.15, -0.1) is 0 Å². The number of hydrogen-bond acceptors (Lipinski definition) is 1. The lowest BCUT2D eigenvalue weighted by Gasteiger charge is -2.15. The average Bonchev–Trinajstić information content (AvgIpc) is 2.54. The van der Waals surface area contributed by atoms with Crippen molar-refractivity contribution in [2.24, 2.45) is 0 Å². The molecule has 0 aromatic heterocycles. The predicted octanol–water partition coefficient (Wildman–Crippen LogP) is 5.19. The van der Waals surface area contributed by atoms with Crippen LogP contribution < -0.4 is 10.6 Å². The van der Waals surface area contributed by atoms with Crippen LogP contribution in [0.3, 0.4) is 0 Å². The van der Waals surface area contributed by atoms with Gasteiger partial charge in [-0.2, -0.15) is 0 Å². The van der Waals surface area contributed by atoms with E-state index in [1.54, 1.807) is 0 Å². The summed E-state index contributed by atoms with van der Waals surface area (Å²) >= 11 is 0. The summed E-state index contributed by atoms with van der Waals surface area (Å²) in [4.78, 5) is 11.8. The minimum atomic E-state index is -0.0701. The fourth-order valence-corrected chi connectivity index (χ4v) is 2.53. The first-order valence-electron chi connectivity index (χ1n) is 8.83. The minimum Gasteiger partial charge on any atom is -0.338 e. The summed E-state index contributed by atoms with van der Waals surface area (Å²) in [6.45, 7) is 5.02. The van der Waals surface area contributed by atoms with Gasteiger partial charge < -0.3 is 10.6 Å². The molecule has 1 aromatic rings. The summed E-state index contributed by atoms with van der Waals surface area (Å²) in [7, 11) is 0. The molecule has 22 heavy (non-hydrogen) atoms. The van der Waals surface area contributed by atoms with Gasteiger partial charge in [0.15, 0.2) is 0 Å². The fourth-order valence-electron chi connectivity index (χ4n) is 2.53. The number of carbonyl (C=O) groups excluding carboxylic acids is 1. The Morgan fingerprint density at radius 3 is 2.18 bits per heavy atom. The van der Waals surface area contributed by atoms with Crippen molar-refractivity contribution < 1.29 is 4.79 Å². The average molecular weight is 304 g/mol. The lowest BCUT2D eigenvalue weighted by atomic mass is 10.1. The highest BCUT2D eigenvalue weighted by atomic mass is 16.2. The molecule has 0 radical (unpaired) electrons. The van der Waals surface area contributed by atoms with E-state index in [1.807, 2.05) is 37.3 Å². The number of nitrogens with one attached hydrogen (secondary N) is 2. The SMILES string of the molecule is CCCCCCCCCCNC(=O)NC(C)c1ccccc1. The quantitative estimate of drug-likeness (QED) is 0.543. The monoisotopic (exact) mass is 304 g/mol. The molecule has 3 heteroatoms. The van der Waals surface area contributed by atoms with Crippen LogP contribution in [0.5, 0.6) is 0 Å². The van der Waals surface area contributed by atoms with E-state index in [4.69, 9.17) is 0 Å². The molecule has 0 heterocycles. The zero-order valence-corrected chi connectivity index (χ0v) is 14.2. The largest absolute Gasteiger partial charge is 0.338 e. The van der Waals surface area contributed by atoms with Crippen molar-refractivity contribution in [3.8, 4) is 0 Å². The van der Waals surface area contributed by atoms with Gasteiger partial charge in [-0.1, -0.05) is 82.2 Å². The summed E-state index contributed by atoms with van der Waals surface area (Å²) in [5.74, 6) is 0. The predicted molar refractivity (Wildman–Crippen MR) is 94.0 cm³/mol. The van der Waals surface area contributed by atoms with E-state index in [1.165, 1.54) is 44.9 Å². The zero-order valence-electron chi connectivity index (χ0n) is 14.2. The van der Waals surface area contributed by atoms with Gasteiger partial charge in [-0.25, -0.2) is 4.79 Å². The second-order valence-corrected chi connectivity index (χ2v) is 6.01. The molecule has 2 N–H and O–H groups in total. The third-order valence-corrected chi connectivity index (χ3v) is 3.96. The van der Waals surface area contributed by atoms with Crippen LogP contribution in [0.15, 0.2) is 30.3 Å². The lowest BCUT2D eigenvalue weighted by Crippen LogP contribution is -2.37. The molecule has 0 saturated heterocycles. The van der Waals surface area contributed by atoms with E-state index >= 15 is 0 Å². The Labute approximate surface area is 135 Å². The van der Waals surface area contributed by atoms with Gasteiger partial charge in [0.1, 0.15) is 0 Å². The third-order valence-electron chi connectivity index (χ3n) is 3.96. The number of unbranched alkanes of at least 4 members (excludes halogenated alkanes) is 7. The molecule has 1 unspecified atom stereocenters. The molecule has 0 aliphatic heterocycles. The van der Waals surface area contributed by atoms with E-state index in [-0.39, 0.29) is 12.1 Å². The Bertz CT molecular complexity index is 392. The molecule has 0 aliphatic carbocycles. The first kappa shape index (κ1) is 18.5. The van der Waals surface area contributed by atoms with Crippen molar-refractivity contribution in [1.82, 2.24) is 10.6 Å². The number of rotatable bonds is 11. The number of carbonyl (C=O) groups is 1. The summed E-state index contributed by atoms with van der Waals surface area (Å²) in [5.41, 5.74) is 1.13. The number of hydrogen-bond donors (Lipinski definition) is 2. The second kappa shape index (κ2) is 12.1. The first-order valence-corrected chi connectivity index (χ1v) is 8.83. The van der Waals surface area contributed by atoms with E-state index in [0.29, 0.717) is 0 Å². The highest BCUT2D eigenvalue weighted by Gasteiger charge is 2.07. The number of urea groups is 1. The smallest absolute Gasteiger partial charge is 0.315 e. The summed E-state index contributed by atoms with van der Waals surface area (Å²) in [6, 6.07) is 10.0. The third kappa shape index (κ3) is 8.71. The van der Waals surface area contributed by atoms with Crippen molar-refractivity contribution in [3.05, 3.63) is 35.9 Å². The summed E-state index contributed by atoms with van der Waals surface area (Å²) in [6.07, 6.45) is 10.3. The Morgan fingerprint density at radius 2 is 1.55 bits per heavy atom. The van der Waals surface area contributed by atoms with E-state index in [0.717, 1.165) is 18.5 Å². The zero-order chi connectivity index (χ0) is 16.0. The highest BCUT2D eigenvalue weighted by molar-refractivity contribution is 5.74. The summed E-state index contributed by atoms with van der Waals surface area (Å²) < 4.78 is 0. The van der Waals surface area contributed by atoms with Crippen molar-refractivity contribution in [3.63, 3.8) is 0 Å².